The molecule has 4 nitrogen and oxygen atoms in total. The van der Waals surface area contributed by atoms with Crippen LogP contribution in [0, 0.1) is 0 Å². The molecule has 1 N–H and O–H groups in total. The maximum absolute atomic E-state index is 11.3. The summed E-state index contributed by atoms with van der Waals surface area (Å²) in [5.41, 5.74) is 0.902. The molecule has 1 heterocycles. The van der Waals surface area contributed by atoms with Gasteiger partial charge in [-0.2, -0.15) is 5.10 Å². The number of esters is 1. The third kappa shape index (κ3) is 1.24. The topological polar surface area (TPSA) is 55.0 Å². The fourth-order valence-electron chi connectivity index (χ4n) is 1.26. The molecule has 0 saturated heterocycles. The number of benzene rings is 1. The van der Waals surface area contributed by atoms with Gasteiger partial charge in [-0.15, -0.1) is 0 Å². The quantitative estimate of drug-likeness (QED) is 0.733. The van der Waals surface area contributed by atoms with Crippen LogP contribution in [0.2, 0.25) is 5.02 Å². The van der Waals surface area contributed by atoms with Gasteiger partial charge in [0, 0.05) is 5.39 Å². The first-order chi connectivity index (χ1) is 6.74. The summed E-state index contributed by atoms with van der Waals surface area (Å²) in [6, 6.07) is 5.24. The van der Waals surface area contributed by atoms with Gasteiger partial charge in [-0.05, 0) is 6.07 Å². The van der Waals surface area contributed by atoms with Gasteiger partial charge < -0.3 is 4.74 Å². The minimum absolute atomic E-state index is 0.255. The van der Waals surface area contributed by atoms with Crippen molar-refractivity contribution in [1.29, 1.82) is 0 Å². The van der Waals surface area contributed by atoms with E-state index in [2.05, 4.69) is 14.9 Å². The van der Waals surface area contributed by atoms with E-state index in [1.165, 1.54) is 7.11 Å². The zero-order valence-corrected chi connectivity index (χ0v) is 8.13. The summed E-state index contributed by atoms with van der Waals surface area (Å²) in [6.45, 7) is 0. The van der Waals surface area contributed by atoms with Crippen molar-refractivity contribution in [2.24, 2.45) is 0 Å². The predicted octanol–water partition coefficient (Wildman–Crippen LogP) is 2.00. The molecule has 0 aliphatic rings. The maximum atomic E-state index is 11.3. The van der Waals surface area contributed by atoms with Crippen LogP contribution in [-0.2, 0) is 4.74 Å². The Balaban J connectivity index is 2.70. The summed E-state index contributed by atoms with van der Waals surface area (Å²) in [4.78, 5) is 11.3. The molecule has 2 aromatic rings. The van der Waals surface area contributed by atoms with E-state index in [1.807, 2.05) is 0 Å². The van der Waals surface area contributed by atoms with Crippen molar-refractivity contribution < 1.29 is 9.53 Å². The van der Waals surface area contributed by atoms with Gasteiger partial charge in [0.25, 0.3) is 0 Å². The van der Waals surface area contributed by atoms with Crippen LogP contribution in [0.5, 0.6) is 0 Å². The van der Waals surface area contributed by atoms with Crippen LogP contribution in [0.4, 0.5) is 0 Å². The number of carbonyl (C=O) groups excluding carboxylic acids is 1. The van der Waals surface area contributed by atoms with Gasteiger partial charge in [-0.1, -0.05) is 23.7 Å². The summed E-state index contributed by atoms with van der Waals surface area (Å²) in [7, 11) is 1.31. The number of nitrogens with zero attached hydrogens (tertiary/aromatic N) is 1. The van der Waals surface area contributed by atoms with E-state index in [1.54, 1.807) is 18.2 Å². The second kappa shape index (κ2) is 3.31. The molecule has 0 saturated carbocycles. The molecular weight excluding hydrogens is 204 g/mol. The van der Waals surface area contributed by atoms with Crippen molar-refractivity contribution in [2.45, 2.75) is 0 Å². The lowest BCUT2D eigenvalue weighted by Crippen LogP contribution is -2.01. The minimum atomic E-state index is -0.474. The average molecular weight is 211 g/mol. The van der Waals surface area contributed by atoms with Crippen molar-refractivity contribution in [1.82, 2.24) is 10.2 Å². The van der Waals surface area contributed by atoms with Crippen LogP contribution in [0.1, 0.15) is 10.5 Å². The summed E-state index contributed by atoms with van der Waals surface area (Å²) in [6.07, 6.45) is 0. The summed E-state index contributed by atoms with van der Waals surface area (Å²) in [5.74, 6) is -0.474. The number of aromatic amines is 1. The lowest BCUT2D eigenvalue weighted by molar-refractivity contribution is 0.0596. The highest BCUT2D eigenvalue weighted by Crippen LogP contribution is 2.23. The molecule has 0 aliphatic carbocycles. The molecule has 0 fully saturated rings. The summed E-state index contributed by atoms with van der Waals surface area (Å²) in [5, 5.41) is 7.74. The average Bonchev–Trinajstić information content (AvgIpc) is 2.62. The highest BCUT2D eigenvalue weighted by molar-refractivity contribution is 6.35. The first kappa shape index (κ1) is 9.02. The Hall–Kier alpha value is -1.55. The van der Waals surface area contributed by atoms with Crippen LogP contribution in [0.25, 0.3) is 10.9 Å². The molecule has 0 atom stereocenters. The molecule has 1 aromatic heterocycles. The molecule has 0 amide bonds. The molecule has 2 rings (SSSR count). The second-order valence-corrected chi connectivity index (χ2v) is 3.13. The Kier molecular flexibility index (Phi) is 2.13. The molecule has 5 heteroatoms. The largest absolute Gasteiger partial charge is 0.464 e. The van der Waals surface area contributed by atoms with E-state index >= 15 is 0 Å². The lowest BCUT2D eigenvalue weighted by atomic mass is 10.2. The van der Waals surface area contributed by atoms with Crippen molar-refractivity contribution in [3.8, 4) is 0 Å². The van der Waals surface area contributed by atoms with Gasteiger partial charge in [-0.3, -0.25) is 5.10 Å². The monoisotopic (exact) mass is 210 g/mol. The van der Waals surface area contributed by atoms with Crippen LogP contribution >= 0.6 is 11.6 Å². The molecule has 0 spiro atoms. The fraction of sp³-hybridized carbons (Fsp3) is 0.111. The molecule has 14 heavy (non-hydrogen) atoms. The van der Waals surface area contributed by atoms with Gasteiger partial charge in [0.1, 0.15) is 0 Å². The Morgan fingerprint density at radius 2 is 2.36 bits per heavy atom. The maximum Gasteiger partial charge on any atom is 0.359 e. The van der Waals surface area contributed by atoms with Crippen LogP contribution in [-0.4, -0.2) is 23.3 Å². The lowest BCUT2D eigenvalue weighted by Gasteiger charge is -1.94. The number of H-pyrrole nitrogens is 1. The molecule has 0 bridgehead atoms. The highest BCUT2D eigenvalue weighted by atomic mass is 35.5. The van der Waals surface area contributed by atoms with Crippen molar-refractivity contribution in [3.05, 3.63) is 28.9 Å². The number of halogens is 1. The first-order valence-electron chi connectivity index (χ1n) is 3.95. The van der Waals surface area contributed by atoms with Gasteiger partial charge in [0.2, 0.25) is 0 Å². The standard InChI is InChI=1S/C9H7ClN2O2/c1-14-9(13)8-5-3-2-4-6(10)7(5)11-12-8/h2-4H,1H3,(H,11,12). The van der Waals surface area contributed by atoms with Crippen LogP contribution in [0.15, 0.2) is 18.2 Å². The fourth-order valence-corrected chi connectivity index (χ4v) is 1.48. The molecule has 0 unspecified atom stereocenters. The molecule has 0 aliphatic heterocycles. The van der Waals surface area contributed by atoms with Crippen molar-refractivity contribution in [2.75, 3.05) is 7.11 Å². The third-order valence-corrected chi connectivity index (χ3v) is 2.24. The zero-order chi connectivity index (χ0) is 10.1. The van der Waals surface area contributed by atoms with Crippen LogP contribution in [0.3, 0.4) is 0 Å². The number of hydrogen-bond donors (Lipinski definition) is 1. The number of methoxy groups -OCH3 is 1. The molecular formula is C9H7ClN2O2. The Labute approximate surface area is 84.8 Å². The third-order valence-electron chi connectivity index (χ3n) is 1.93. The number of aromatic nitrogens is 2. The SMILES string of the molecule is COC(=O)c1n[nH]c2c(Cl)cccc12. The Bertz CT molecular complexity index is 493. The number of carbonyl (C=O) groups is 1. The Morgan fingerprint density at radius 1 is 1.57 bits per heavy atom. The number of nitrogens with one attached hydrogen (secondary N) is 1. The van der Waals surface area contributed by atoms with Gasteiger partial charge in [0.15, 0.2) is 5.69 Å². The summed E-state index contributed by atoms with van der Waals surface area (Å²) < 4.78 is 4.58. The molecule has 1 aromatic carbocycles. The highest BCUT2D eigenvalue weighted by Gasteiger charge is 2.15. The van der Waals surface area contributed by atoms with Gasteiger partial charge >= 0.3 is 5.97 Å². The number of hydrogen-bond acceptors (Lipinski definition) is 3. The van der Waals surface area contributed by atoms with Crippen LogP contribution < -0.4 is 0 Å². The second-order valence-electron chi connectivity index (χ2n) is 2.73. The number of rotatable bonds is 1. The smallest absolute Gasteiger partial charge is 0.359 e. The van der Waals surface area contributed by atoms with E-state index < -0.39 is 5.97 Å². The van der Waals surface area contributed by atoms with Crippen molar-refractivity contribution in [3.63, 3.8) is 0 Å². The number of ether oxygens (including phenoxy) is 1. The van der Waals surface area contributed by atoms with E-state index in [0.717, 1.165) is 0 Å². The zero-order valence-electron chi connectivity index (χ0n) is 7.37. The van der Waals surface area contributed by atoms with Gasteiger partial charge in [-0.25, -0.2) is 4.79 Å². The normalized spacial score (nSPS) is 10.4. The van der Waals surface area contributed by atoms with E-state index in [9.17, 15) is 4.79 Å². The van der Waals surface area contributed by atoms with E-state index in [0.29, 0.717) is 15.9 Å². The van der Waals surface area contributed by atoms with E-state index in [-0.39, 0.29) is 5.69 Å². The first-order valence-corrected chi connectivity index (χ1v) is 4.32. The van der Waals surface area contributed by atoms with Gasteiger partial charge in [0.05, 0.1) is 17.6 Å². The van der Waals surface area contributed by atoms with E-state index in [4.69, 9.17) is 11.6 Å². The Morgan fingerprint density at radius 3 is 3.07 bits per heavy atom. The predicted molar refractivity (Wildman–Crippen MR) is 52.4 cm³/mol. The van der Waals surface area contributed by atoms with Crippen molar-refractivity contribution >= 4 is 28.5 Å². The number of fused-ring (bicyclic) bond motifs is 1. The summed E-state index contributed by atoms with van der Waals surface area (Å²) >= 11 is 5.89. The minimum Gasteiger partial charge on any atom is -0.464 e. The molecule has 0 radical (unpaired) electrons. The number of para-hydroxylation sites is 1. The molecule has 72 valence electrons.